The quantitative estimate of drug-likeness (QED) is 0.649. The highest BCUT2D eigenvalue weighted by molar-refractivity contribution is 6.03. The van der Waals surface area contributed by atoms with Gasteiger partial charge >= 0.3 is 6.09 Å². The van der Waals surface area contributed by atoms with Gasteiger partial charge in [-0.2, -0.15) is 0 Å². The Bertz CT molecular complexity index is 1050. The molecule has 1 N–H and O–H groups in total. The van der Waals surface area contributed by atoms with E-state index < -0.39 is 6.09 Å². The fourth-order valence-corrected chi connectivity index (χ4v) is 3.56. The normalized spacial score (nSPS) is 13.6. The van der Waals surface area contributed by atoms with Gasteiger partial charge in [0.2, 0.25) is 0 Å². The van der Waals surface area contributed by atoms with E-state index in [2.05, 4.69) is 10.3 Å². The van der Waals surface area contributed by atoms with Crippen molar-refractivity contribution in [3.05, 3.63) is 71.9 Å². The number of ketones is 1. The third kappa shape index (κ3) is 4.66. The van der Waals surface area contributed by atoms with Crippen LogP contribution in [0, 0.1) is 12.8 Å². The highest BCUT2D eigenvalue weighted by Crippen LogP contribution is 2.26. The highest BCUT2D eigenvalue weighted by atomic mass is 16.6. The number of rotatable bonds is 7. The summed E-state index contributed by atoms with van der Waals surface area (Å²) in [5, 5.41) is 4.96. The first kappa shape index (κ1) is 20.0. The lowest BCUT2D eigenvalue weighted by molar-refractivity contribution is -0.119. The molecule has 6 nitrogen and oxygen atoms in total. The number of Topliss-reactive ketones (excluding diaryl/α,β-unsaturated/α-hetero) is 1. The summed E-state index contributed by atoms with van der Waals surface area (Å²) in [5.74, 6) is 0.793. The molecule has 2 aromatic carbocycles. The van der Waals surface area contributed by atoms with Gasteiger partial charge in [-0.1, -0.05) is 48.0 Å². The second kappa shape index (κ2) is 9.05. The molecular formula is C24H25N3O3. The number of anilines is 1. The molecule has 1 amide bonds. The summed E-state index contributed by atoms with van der Waals surface area (Å²) >= 11 is 0. The smallest absolute Gasteiger partial charge is 0.416 e. The topological polar surface area (TPSA) is 71.5 Å². The molecule has 4 rings (SSSR count). The number of pyridine rings is 1. The lowest BCUT2D eigenvalue weighted by Crippen LogP contribution is -2.45. The summed E-state index contributed by atoms with van der Waals surface area (Å²) in [6.07, 6.45) is 1.53. The lowest BCUT2D eigenvalue weighted by atomic mass is 9.96. The number of fused-ring (bicyclic) bond motifs is 1. The van der Waals surface area contributed by atoms with Crippen molar-refractivity contribution >= 4 is 28.5 Å². The maximum atomic E-state index is 13.0. The van der Waals surface area contributed by atoms with E-state index in [4.69, 9.17) is 4.74 Å². The van der Waals surface area contributed by atoms with E-state index in [1.165, 1.54) is 4.90 Å². The molecule has 1 fully saturated rings. The second-order valence-electron chi connectivity index (χ2n) is 7.75. The van der Waals surface area contributed by atoms with Gasteiger partial charge in [-0.05, 0) is 49.0 Å². The van der Waals surface area contributed by atoms with Crippen molar-refractivity contribution in [3.8, 4) is 0 Å². The molecule has 0 saturated carbocycles. The number of amides is 1. The molecule has 1 aliphatic heterocycles. The first-order chi connectivity index (χ1) is 14.6. The van der Waals surface area contributed by atoms with Crippen LogP contribution in [-0.2, 0) is 16.1 Å². The number of nitrogens with zero attached hydrogens (tertiary/aromatic N) is 2. The highest BCUT2D eigenvalue weighted by Gasteiger charge is 2.27. The largest absolute Gasteiger partial charge is 0.444 e. The standard InChI is InChI=1S/C24H25N3O3/c1-17-7-8-20-9-10-26-23(22(20)11-17)27(15-21(28)12-19-13-25-14-19)24(29)30-16-18-5-3-2-4-6-18/h2-11,19,25H,12-16H2,1H3. The van der Waals surface area contributed by atoms with Crippen molar-refractivity contribution in [2.24, 2.45) is 5.92 Å². The number of aromatic nitrogens is 1. The first-order valence-corrected chi connectivity index (χ1v) is 10.2. The van der Waals surface area contributed by atoms with Gasteiger partial charge in [0.1, 0.15) is 12.4 Å². The van der Waals surface area contributed by atoms with E-state index in [0.29, 0.717) is 18.2 Å². The third-order valence-corrected chi connectivity index (χ3v) is 5.30. The Morgan fingerprint density at radius 3 is 2.67 bits per heavy atom. The minimum atomic E-state index is -0.569. The molecule has 0 atom stereocenters. The first-order valence-electron chi connectivity index (χ1n) is 10.2. The third-order valence-electron chi connectivity index (χ3n) is 5.30. The van der Waals surface area contributed by atoms with Crippen molar-refractivity contribution in [2.75, 3.05) is 24.5 Å². The van der Waals surface area contributed by atoms with Crippen LogP contribution in [0.15, 0.2) is 60.8 Å². The van der Waals surface area contributed by atoms with Crippen molar-refractivity contribution in [1.29, 1.82) is 0 Å². The van der Waals surface area contributed by atoms with Crippen LogP contribution in [0.5, 0.6) is 0 Å². The van der Waals surface area contributed by atoms with Crippen LogP contribution in [0.4, 0.5) is 10.6 Å². The maximum absolute atomic E-state index is 13.0. The Labute approximate surface area is 175 Å². The molecule has 1 aromatic heterocycles. The van der Waals surface area contributed by atoms with Crippen LogP contribution >= 0.6 is 0 Å². The van der Waals surface area contributed by atoms with Gasteiger partial charge in [0.25, 0.3) is 0 Å². The van der Waals surface area contributed by atoms with E-state index in [9.17, 15) is 9.59 Å². The molecular weight excluding hydrogens is 378 g/mol. The minimum Gasteiger partial charge on any atom is -0.444 e. The van der Waals surface area contributed by atoms with Crippen molar-refractivity contribution in [2.45, 2.75) is 20.0 Å². The fraction of sp³-hybridized carbons (Fsp3) is 0.292. The second-order valence-corrected chi connectivity index (χ2v) is 7.75. The zero-order valence-electron chi connectivity index (χ0n) is 17.0. The average molecular weight is 403 g/mol. The van der Waals surface area contributed by atoms with Crippen molar-refractivity contribution < 1.29 is 14.3 Å². The molecule has 3 aromatic rings. The zero-order valence-corrected chi connectivity index (χ0v) is 17.0. The zero-order chi connectivity index (χ0) is 20.9. The maximum Gasteiger partial charge on any atom is 0.416 e. The number of hydrogen-bond donors (Lipinski definition) is 1. The van der Waals surface area contributed by atoms with Gasteiger partial charge in [0.05, 0.1) is 6.54 Å². The summed E-state index contributed by atoms with van der Waals surface area (Å²) in [5.41, 5.74) is 1.95. The molecule has 1 aliphatic rings. The fourth-order valence-electron chi connectivity index (χ4n) is 3.56. The van der Waals surface area contributed by atoms with Crippen LogP contribution in [0.1, 0.15) is 17.5 Å². The van der Waals surface area contributed by atoms with Gasteiger partial charge in [-0.3, -0.25) is 9.69 Å². The van der Waals surface area contributed by atoms with Crippen LogP contribution < -0.4 is 10.2 Å². The van der Waals surface area contributed by atoms with Gasteiger partial charge in [-0.15, -0.1) is 0 Å². The molecule has 6 heteroatoms. The van der Waals surface area contributed by atoms with Crippen LogP contribution in [-0.4, -0.2) is 36.5 Å². The van der Waals surface area contributed by atoms with Crippen molar-refractivity contribution in [1.82, 2.24) is 10.3 Å². The molecule has 0 radical (unpaired) electrons. The summed E-state index contributed by atoms with van der Waals surface area (Å²) in [6, 6.07) is 17.4. The monoisotopic (exact) mass is 403 g/mol. The summed E-state index contributed by atoms with van der Waals surface area (Å²) < 4.78 is 5.55. The van der Waals surface area contributed by atoms with Crippen LogP contribution in [0.2, 0.25) is 0 Å². The molecule has 1 saturated heterocycles. The van der Waals surface area contributed by atoms with Gasteiger partial charge in [0, 0.05) is 18.0 Å². The average Bonchev–Trinajstić information content (AvgIpc) is 2.73. The van der Waals surface area contributed by atoms with E-state index in [0.717, 1.165) is 35.0 Å². The lowest BCUT2D eigenvalue weighted by Gasteiger charge is -2.28. The van der Waals surface area contributed by atoms with Gasteiger partial charge < -0.3 is 10.1 Å². The number of ether oxygens (including phenoxy) is 1. The summed E-state index contributed by atoms with van der Waals surface area (Å²) in [4.78, 5) is 31.6. The molecule has 0 aliphatic carbocycles. The summed E-state index contributed by atoms with van der Waals surface area (Å²) in [6.45, 7) is 3.76. The number of benzene rings is 2. The Hall–Kier alpha value is -3.25. The van der Waals surface area contributed by atoms with Crippen LogP contribution in [0.3, 0.4) is 0 Å². The minimum absolute atomic E-state index is 0.00428. The SMILES string of the molecule is Cc1ccc2ccnc(N(CC(=O)CC3CNC3)C(=O)OCc3ccccc3)c2c1. The van der Waals surface area contributed by atoms with Gasteiger partial charge in [-0.25, -0.2) is 9.78 Å². The van der Waals surface area contributed by atoms with Gasteiger partial charge in [0.15, 0.2) is 5.78 Å². The number of nitrogens with one attached hydrogen (secondary N) is 1. The van der Waals surface area contributed by atoms with Crippen LogP contribution in [0.25, 0.3) is 10.8 Å². The Balaban J connectivity index is 1.60. The Morgan fingerprint density at radius 1 is 1.13 bits per heavy atom. The predicted molar refractivity (Wildman–Crippen MR) is 116 cm³/mol. The van der Waals surface area contributed by atoms with Crippen molar-refractivity contribution in [3.63, 3.8) is 0 Å². The predicted octanol–water partition coefficient (Wildman–Crippen LogP) is 3.87. The molecule has 0 unspecified atom stereocenters. The van der Waals surface area contributed by atoms with E-state index in [1.54, 1.807) is 6.20 Å². The Morgan fingerprint density at radius 2 is 1.93 bits per heavy atom. The number of carbonyl (C=O) groups is 2. The number of hydrogen-bond acceptors (Lipinski definition) is 5. The molecule has 0 bridgehead atoms. The van der Waals surface area contributed by atoms with E-state index in [-0.39, 0.29) is 18.9 Å². The number of carbonyl (C=O) groups excluding carboxylic acids is 2. The number of aryl methyl sites for hydroxylation is 1. The van der Waals surface area contributed by atoms with E-state index in [1.807, 2.05) is 61.5 Å². The Kier molecular flexibility index (Phi) is 6.05. The molecule has 30 heavy (non-hydrogen) atoms. The summed E-state index contributed by atoms with van der Waals surface area (Å²) in [7, 11) is 0. The molecule has 154 valence electrons. The van der Waals surface area contributed by atoms with E-state index >= 15 is 0 Å². The molecule has 0 spiro atoms. The molecule has 2 heterocycles.